The normalized spacial score (nSPS) is 22.3. The number of hydrogen-bond donors (Lipinski definition) is 2. The van der Waals surface area contributed by atoms with Crippen LogP contribution in [0.3, 0.4) is 0 Å². The molecule has 2 N–H and O–H groups in total. The number of rotatable bonds is 5. The van der Waals surface area contributed by atoms with Crippen molar-refractivity contribution in [3.05, 3.63) is 29.6 Å². The Bertz CT molecular complexity index is 481. The smallest absolute Gasteiger partial charge is 0.191 e. The molecule has 0 amide bonds. The van der Waals surface area contributed by atoms with Gasteiger partial charge in [0.15, 0.2) is 5.96 Å². The van der Waals surface area contributed by atoms with E-state index in [0.29, 0.717) is 6.54 Å². The lowest BCUT2D eigenvalue weighted by atomic mass is 10.0. The molecule has 1 fully saturated rings. The quantitative estimate of drug-likeness (QED) is 0.643. The molecule has 0 radical (unpaired) electrons. The molecule has 1 aliphatic rings. The Hall–Kier alpha value is -1.62. The van der Waals surface area contributed by atoms with Crippen LogP contribution in [0, 0.1) is 6.92 Å². The SMILES string of the molecule is CCNC(=NCc1ncccc1C)NCC1(C)CCCO1. The van der Waals surface area contributed by atoms with E-state index in [0.717, 1.165) is 44.2 Å². The summed E-state index contributed by atoms with van der Waals surface area (Å²) in [7, 11) is 0. The zero-order chi connectivity index (χ0) is 15.1. The number of aromatic nitrogens is 1. The minimum Gasteiger partial charge on any atom is -0.373 e. The number of ether oxygens (including phenoxy) is 1. The van der Waals surface area contributed by atoms with Crippen molar-refractivity contribution in [3.8, 4) is 0 Å². The Kier molecular flexibility index (Phi) is 5.56. The Morgan fingerprint density at radius 2 is 2.33 bits per heavy atom. The van der Waals surface area contributed by atoms with Gasteiger partial charge in [-0.2, -0.15) is 0 Å². The maximum atomic E-state index is 5.79. The highest BCUT2D eigenvalue weighted by Crippen LogP contribution is 2.23. The van der Waals surface area contributed by atoms with Crippen molar-refractivity contribution in [3.63, 3.8) is 0 Å². The average Bonchev–Trinajstić information content (AvgIpc) is 2.91. The van der Waals surface area contributed by atoms with Gasteiger partial charge in [-0.1, -0.05) is 6.07 Å². The molecule has 0 saturated carbocycles. The number of nitrogens with zero attached hydrogens (tertiary/aromatic N) is 2. The lowest BCUT2D eigenvalue weighted by molar-refractivity contribution is 0.0243. The van der Waals surface area contributed by atoms with Crippen molar-refractivity contribution in [2.45, 2.75) is 45.8 Å². The summed E-state index contributed by atoms with van der Waals surface area (Å²) in [6, 6.07) is 4.01. The summed E-state index contributed by atoms with van der Waals surface area (Å²) in [5.41, 5.74) is 2.11. The van der Waals surface area contributed by atoms with Gasteiger partial charge in [0.1, 0.15) is 0 Å². The first-order chi connectivity index (χ1) is 10.1. The zero-order valence-corrected chi connectivity index (χ0v) is 13.3. The molecule has 1 aliphatic heterocycles. The van der Waals surface area contributed by atoms with Crippen LogP contribution in [0.1, 0.15) is 37.9 Å². The fourth-order valence-electron chi connectivity index (χ4n) is 2.43. The van der Waals surface area contributed by atoms with Crippen molar-refractivity contribution < 1.29 is 4.74 Å². The molecule has 21 heavy (non-hydrogen) atoms. The highest BCUT2D eigenvalue weighted by molar-refractivity contribution is 5.79. The molecular weight excluding hydrogens is 264 g/mol. The van der Waals surface area contributed by atoms with Crippen LogP contribution in [-0.2, 0) is 11.3 Å². The van der Waals surface area contributed by atoms with E-state index >= 15 is 0 Å². The first kappa shape index (κ1) is 15.8. The zero-order valence-electron chi connectivity index (χ0n) is 13.3. The van der Waals surface area contributed by atoms with Crippen molar-refractivity contribution in [2.75, 3.05) is 19.7 Å². The second kappa shape index (κ2) is 7.41. The van der Waals surface area contributed by atoms with E-state index in [1.165, 1.54) is 5.56 Å². The van der Waals surface area contributed by atoms with E-state index in [1.54, 1.807) is 0 Å². The molecule has 2 heterocycles. The molecule has 1 saturated heterocycles. The summed E-state index contributed by atoms with van der Waals surface area (Å²) in [6.07, 6.45) is 4.04. The molecule has 0 aliphatic carbocycles. The predicted octanol–water partition coefficient (Wildman–Crippen LogP) is 2.01. The molecule has 0 bridgehead atoms. The van der Waals surface area contributed by atoms with E-state index in [4.69, 9.17) is 4.74 Å². The topological polar surface area (TPSA) is 58.5 Å². The molecule has 0 aromatic carbocycles. The molecule has 1 unspecified atom stereocenters. The van der Waals surface area contributed by atoms with Gasteiger partial charge in [0, 0.05) is 25.9 Å². The molecule has 1 aromatic heterocycles. The van der Waals surface area contributed by atoms with E-state index in [1.807, 2.05) is 12.3 Å². The van der Waals surface area contributed by atoms with Crippen LogP contribution in [0.2, 0.25) is 0 Å². The molecule has 116 valence electrons. The van der Waals surface area contributed by atoms with Crippen LogP contribution in [-0.4, -0.2) is 36.2 Å². The van der Waals surface area contributed by atoms with Gasteiger partial charge in [0.25, 0.3) is 0 Å². The van der Waals surface area contributed by atoms with Gasteiger partial charge in [-0.05, 0) is 45.2 Å². The van der Waals surface area contributed by atoms with Gasteiger partial charge in [0.05, 0.1) is 17.8 Å². The van der Waals surface area contributed by atoms with Crippen LogP contribution in [0.25, 0.3) is 0 Å². The summed E-state index contributed by atoms with van der Waals surface area (Å²) in [5, 5.41) is 6.65. The number of pyridine rings is 1. The lowest BCUT2D eigenvalue weighted by Gasteiger charge is -2.24. The maximum Gasteiger partial charge on any atom is 0.191 e. The van der Waals surface area contributed by atoms with Gasteiger partial charge in [-0.15, -0.1) is 0 Å². The number of guanidine groups is 1. The van der Waals surface area contributed by atoms with Crippen LogP contribution in [0.15, 0.2) is 23.3 Å². The summed E-state index contributed by atoms with van der Waals surface area (Å²) in [5.74, 6) is 0.819. The third-order valence-corrected chi connectivity index (χ3v) is 3.78. The monoisotopic (exact) mass is 290 g/mol. The van der Waals surface area contributed by atoms with E-state index in [-0.39, 0.29) is 5.60 Å². The third-order valence-electron chi connectivity index (χ3n) is 3.78. The highest BCUT2D eigenvalue weighted by Gasteiger charge is 2.29. The standard InChI is InChI=1S/C16H26N4O/c1-4-17-15(20-12-16(3)8-6-10-21-16)19-11-14-13(2)7-5-9-18-14/h5,7,9H,4,6,8,10-12H2,1-3H3,(H2,17,19,20). The number of nitrogens with one attached hydrogen (secondary N) is 2. The van der Waals surface area contributed by atoms with E-state index in [2.05, 4.69) is 47.4 Å². The minimum absolute atomic E-state index is 0.0723. The van der Waals surface area contributed by atoms with Crippen LogP contribution < -0.4 is 10.6 Å². The van der Waals surface area contributed by atoms with Crippen LogP contribution in [0.5, 0.6) is 0 Å². The molecule has 1 aromatic rings. The largest absolute Gasteiger partial charge is 0.373 e. The highest BCUT2D eigenvalue weighted by atomic mass is 16.5. The Morgan fingerprint density at radius 3 is 3.00 bits per heavy atom. The minimum atomic E-state index is -0.0723. The predicted molar refractivity (Wildman–Crippen MR) is 85.4 cm³/mol. The summed E-state index contributed by atoms with van der Waals surface area (Å²) < 4.78 is 5.79. The number of hydrogen-bond acceptors (Lipinski definition) is 3. The number of aliphatic imine (C=N–C) groups is 1. The Morgan fingerprint density at radius 1 is 1.48 bits per heavy atom. The second-order valence-corrected chi connectivity index (χ2v) is 5.72. The molecule has 5 nitrogen and oxygen atoms in total. The van der Waals surface area contributed by atoms with Crippen LogP contribution >= 0.6 is 0 Å². The molecule has 1 atom stereocenters. The van der Waals surface area contributed by atoms with Gasteiger partial charge in [0.2, 0.25) is 0 Å². The van der Waals surface area contributed by atoms with E-state index < -0.39 is 0 Å². The average molecular weight is 290 g/mol. The third kappa shape index (κ3) is 4.70. The second-order valence-electron chi connectivity index (χ2n) is 5.72. The number of aryl methyl sites for hydroxylation is 1. The maximum absolute atomic E-state index is 5.79. The summed E-state index contributed by atoms with van der Waals surface area (Å²) in [4.78, 5) is 8.99. The van der Waals surface area contributed by atoms with Crippen LogP contribution in [0.4, 0.5) is 0 Å². The fraction of sp³-hybridized carbons (Fsp3) is 0.625. The van der Waals surface area contributed by atoms with Gasteiger partial charge >= 0.3 is 0 Å². The Balaban J connectivity index is 1.94. The first-order valence-electron chi connectivity index (χ1n) is 7.69. The summed E-state index contributed by atoms with van der Waals surface area (Å²) in [6.45, 7) is 9.34. The molecule has 0 spiro atoms. The molecular formula is C16H26N4O. The lowest BCUT2D eigenvalue weighted by Crippen LogP contribution is -2.45. The molecule has 5 heteroatoms. The van der Waals surface area contributed by atoms with Gasteiger partial charge in [-0.3, -0.25) is 4.98 Å². The Labute approximate surface area is 127 Å². The van der Waals surface area contributed by atoms with Crippen molar-refractivity contribution >= 4 is 5.96 Å². The summed E-state index contributed by atoms with van der Waals surface area (Å²) >= 11 is 0. The first-order valence-corrected chi connectivity index (χ1v) is 7.69. The van der Waals surface area contributed by atoms with E-state index in [9.17, 15) is 0 Å². The van der Waals surface area contributed by atoms with Gasteiger partial charge < -0.3 is 15.4 Å². The van der Waals surface area contributed by atoms with Gasteiger partial charge in [-0.25, -0.2) is 4.99 Å². The van der Waals surface area contributed by atoms with Crippen molar-refractivity contribution in [1.82, 2.24) is 15.6 Å². The van der Waals surface area contributed by atoms with Crippen molar-refractivity contribution in [1.29, 1.82) is 0 Å². The fourth-order valence-corrected chi connectivity index (χ4v) is 2.43. The van der Waals surface area contributed by atoms with Crippen molar-refractivity contribution in [2.24, 2.45) is 4.99 Å². The molecule has 2 rings (SSSR count).